The molecular formula is C19H17N3O2. The predicted molar refractivity (Wildman–Crippen MR) is 93.7 cm³/mol. The molecule has 1 aromatic heterocycles. The zero-order valence-electron chi connectivity index (χ0n) is 13.1. The number of carbonyl (C=O) groups excluding carboxylic acids is 1. The van der Waals surface area contributed by atoms with E-state index in [0.717, 1.165) is 16.9 Å². The Hall–Kier alpha value is -3.34. The first-order valence-electron chi connectivity index (χ1n) is 7.48. The molecule has 0 bridgehead atoms. The van der Waals surface area contributed by atoms with Crippen molar-refractivity contribution in [2.45, 2.75) is 0 Å². The van der Waals surface area contributed by atoms with Crippen molar-refractivity contribution in [3.63, 3.8) is 0 Å². The summed E-state index contributed by atoms with van der Waals surface area (Å²) in [6.07, 6.45) is 5.16. The number of rotatable bonds is 6. The predicted octanol–water partition coefficient (Wildman–Crippen LogP) is 3.42. The molecule has 0 spiro atoms. The molecule has 24 heavy (non-hydrogen) atoms. The van der Waals surface area contributed by atoms with E-state index in [0.29, 0.717) is 5.75 Å². The third-order valence-electron chi connectivity index (χ3n) is 3.43. The molecule has 0 fully saturated rings. The van der Waals surface area contributed by atoms with Crippen LogP contribution in [0.25, 0.3) is 5.70 Å². The summed E-state index contributed by atoms with van der Waals surface area (Å²) < 4.78 is 7.48. The molecule has 0 aliphatic rings. The average Bonchev–Trinajstić information content (AvgIpc) is 3.15. The van der Waals surface area contributed by atoms with Gasteiger partial charge in [0.15, 0.2) is 6.61 Å². The van der Waals surface area contributed by atoms with Gasteiger partial charge in [0, 0.05) is 23.6 Å². The number of aromatic nitrogens is 2. The number of nitrogens with zero attached hydrogens (tertiary/aromatic N) is 2. The zero-order chi connectivity index (χ0) is 16.8. The van der Waals surface area contributed by atoms with E-state index < -0.39 is 0 Å². The number of hydrogen-bond donors (Lipinski definition) is 1. The van der Waals surface area contributed by atoms with Crippen LogP contribution in [0.1, 0.15) is 5.56 Å². The van der Waals surface area contributed by atoms with Crippen molar-refractivity contribution in [3.05, 3.63) is 85.5 Å². The smallest absolute Gasteiger partial charge is 0.262 e. The highest BCUT2D eigenvalue weighted by molar-refractivity contribution is 5.91. The number of para-hydroxylation sites is 2. The van der Waals surface area contributed by atoms with Gasteiger partial charge in [-0.05, 0) is 24.3 Å². The van der Waals surface area contributed by atoms with Crippen molar-refractivity contribution >= 4 is 17.3 Å². The number of nitrogens with one attached hydrogen (secondary N) is 1. The molecule has 0 saturated heterocycles. The van der Waals surface area contributed by atoms with E-state index in [2.05, 4.69) is 16.9 Å². The molecule has 5 heteroatoms. The summed E-state index contributed by atoms with van der Waals surface area (Å²) in [4.78, 5) is 16.0. The third-order valence-corrected chi connectivity index (χ3v) is 3.43. The number of benzene rings is 2. The van der Waals surface area contributed by atoms with E-state index in [-0.39, 0.29) is 12.5 Å². The minimum absolute atomic E-state index is 0.0802. The maximum absolute atomic E-state index is 12.0. The Kier molecular flexibility index (Phi) is 4.72. The van der Waals surface area contributed by atoms with Gasteiger partial charge in [0.2, 0.25) is 0 Å². The molecule has 0 aliphatic heterocycles. The van der Waals surface area contributed by atoms with Crippen LogP contribution in [0.15, 0.2) is 79.9 Å². The summed E-state index contributed by atoms with van der Waals surface area (Å²) in [5.41, 5.74) is 2.27. The first-order chi connectivity index (χ1) is 11.7. The number of hydrogen-bond acceptors (Lipinski definition) is 3. The van der Waals surface area contributed by atoms with E-state index >= 15 is 0 Å². The first-order valence-corrected chi connectivity index (χ1v) is 7.48. The molecule has 1 heterocycles. The second kappa shape index (κ2) is 7.28. The Morgan fingerprint density at radius 2 is 1.88 bits per heavy atom. The van der Waals surface area contributed by atoms with Crippen LogP contribution in [0.5, 0.6) is 5.75 Å². The van der Waals surface area contributed by atoms with Crippen LogP contribution >= 0.6 is 0 Å². The molecule has 0 saturated carbocycles. The van der Waals surface area contributed by atoms with Gasteiger partial charge in [-0.3, -0.25) is 4.79 Å². The number of anilines is 1. The van der Waals surface area contributed by atoms with Crippen LogP contribution in [0.3, 0.4) is 0 Å². The van der Waals surface area contributed by atoms with E-state index in [1.54, 1.807) is 23.3 Å². The molecule has 0 aliphatic carbocycles. The normalized spacial score (nSPS) is 10.2. The Balaban J connectivity index is 1.67. The van der Waals surface area contributed by atoms with Crippen molar-refractivity contribution in [2.75, 3.05) is 11.9 Å². The highest BCUT2D eigenvalue weighted by atomic mass is 16.5. The van der Waals surface area contributed by atoms with Gasteiger partial charge in [0.1, 0.15) is 5.75 Å². The Morgan fingerprint density at radius 1 is 1.12 bits per heavy atom. The molecule has 5 nitrogen and oxygen atoms in total. The highest BCUT2D eigenvalue weighted by Gasteiger charge is 2.10. The van der Waals surface area contributed by atoms with Gasteiger partial charge in [-0.1, -0.05) is 36.9 Å². The van der Waals surface area contributed by atoms with Crippen molar-refractivity contribution in [3.8, 4) is 5.75 Å². The lowest BCUT2D eigenvalue weighted by atomic mass is 10.1. The largest absolute Gasteiger partial charge is 0.483 e. The SMILES string of the molecule is C=C(c1ccccc1OCC(=O)Nc1ccccc1)n1ccnc1. The van der Waals surface area contributed by atoms with Crippen molar-refractivity contribution < 1.29 is 9.53 Å². The van der Waals surface area contributed by atoms with Gasteiger partial charge < -0.3 is 14.6 Å². The molecule has 1 amide bonds. The summed E-state index contributed by atoms with van der Waals surface area (Å²) in [6.45, 7) is 3.99. The van der Waals surface area contributed by atoms with Gasteiger partial charge in [0.05, 0.1) is 12.0 Å². The van der Waals surface area contributed by atoms with E-state index in [1.165, 1.54) is 0 Å². The first kappa shape index (κ1) is 15.6. The number of ether oxygens (including phenoxy) is 1. The molecule has 3 rings (SSSR count). The number of amides is 1. The monoisotopic (exact) mass is 319 g/mol. The Bertz CT molecular complexity index is 827. The number of carbonyl (C=O) groups is 1. The fourth-order valence-corrected chi connectivity index (χ4v) is 2.25. The highest BCUT2D eigenvalue weighted by Crippen LogP contribution is 2.25. The maximum atomic E-state index is 12.0. The van der Waals surface area contributed by atoms with Crippen LogP contribution < -0.4 is 10.1 Å². The topological polar surface area (TPSA) is 56.1 Å². The summed E-state index contributed by atoms with van der Waals surface area (Å²) in [5.74, 6) is 0.378. The average molecular weight is 319 g/mol. The quantitative estimate of drug-likeness (QED) is 0.757. The second-order valence-corrected chi connectivity index (χ2v) is 5.12. The minimum Gasteiger partial charge on any atom is -0.483 e. The lowest BCUT2D eigenvalue weighted by molar-refractivity contribution is -0.118. The summed E-state index contributed by atoms with van der Waals surface area (Å²) in [7, 11) is 0. The van der Waals surface area contributed by atoms with Gasteiger partial charge >= 0.3 is 0 Å². The lowest BCUT2D eigenvalue weighted by Gasteiger charge is -2.13. The Morgan fingerprint density at radius 3 is 2.62 bits per heavy atom. The van der Waals surface area contributed by atoms with Crippen LogP contribution in [-0.2, 0) is 4.79 Å². The molecule has 1 N–H and O–H groups in total. The fraction of sp³-hybridized carbons (Fsp3) is 0.0526. The fourth-order valence-electron chi connectivity index (χ4n) is 2.25. The van der Waals surface area contributed by atoms with E-state index in [1.807, 2.05) is 54.6 Å². The summed E-state index contributed by atoms with van der Waals surface area (Å²) in [6, 6.07) is 16.7. The molecule has 2 aromatic carbocycles. The van der Waals surface area contributed by atoms with Gasteiger partial charge in [-0.25, -0.2) is 4.98 Å². The molecule has 0 atom stereocenters. The molecule has 120 valence electrons. The van der Waals surface area contributed by atoms with Crippen LogP contribution in [-0.4, -0.2) is 22.1 Å². The Labute approximate surface area is 140 Å². The summed E-state index contributed by atoms with van der Waals surface area (Å²) >= 11 is 0. The lowest BCUT2D eigenvalue weighted by Crippen LogP contribution is -2.20. The van der Waals surface area contributed by atoms with Crippen molar-refractivity contribution in [1.29, 1.82) is 0 Å². The maximum Gasteiger partial charge on any atom is 0.262 e. The van der Waals surface area contributed by atoms with Gasteiger partial charge in [-0.15, -0.1) is 0 Å². The minimum atomic E-state index is -0.218. The number of imidazole rings is 1. The van der Waals surface area contributed by atoms with E-state index in [9.17, 15) is 4.79 Å². The third kappa shape index (κ3) is 3.70. The van der Waals surface area contributed by atoms with Gasteiger partial charge in [0.25, 0.3) is 5.91 Å². The summed E-state index contributed by atoms with van der Waals surface area (Å²) in [5, 5.41) is 2.79. The molecule has 3 aromatic rings. The van der Waals surface area contributed by atoms with Crippen LogP contribution in [0, 0.1) is 0 Å². The standard InChI is InChI=1S/C19H17N3O2/c1-15(22-12-11-20-14-22)17-9-5-6-10-18(17)24-13-19(23)21-16-7-3-2-4-8-16/h2-12,14H,1,13H2,(H,21,23). The van der Waals surface area contributed by atoms with Gasteiger partial charge in [-0.2, -0.15) is 0 Å². The van der Waals surface area contributed by atoms with Crippen LogP contribution in [0.4, 0.5) is 5.69 Å². The van der Waals surface area contributed by atoms with E-state index in [4.69, 9.17) is 4.74 Å². The van der Waals surface area contributed by atoms with Crippen molar-refractivity contribution in [2.24, 2.45) is 0 Å². The molecule has 0 radical (unpaired) electrons. The van der Waals surface area contributed by atoms with Crippen molar-refractivity contribution in [1.82, 2.24) is 9.55 Å². The zero-order valence-corrected chi connectivity index (χ0v) is 13.1. The molecule has 0 unspecified atom stereocenters. The molecular weight excluding hydrogens is 302 g/mol. The van der Waals surface area contributed by atoms with Crippen LogP contribution in [0.2, 0.25) is 0 Å². The second-order valence-electron chi connectivity index (χ2n) is 5.12.